The SMILES string of the molecule is CC(C)(C)OC(=O)NC(CSCc1ccc(C(=O)c2ccc(-c3cccc4c3oc3ccccc34)cc2)cc1)C(=O)O. The minimum Gasteiger partial charge on any atom is -0.480 e. The summed E-state index contributed by atoms with van der Waals surface area (Å²) < 4.78 is 11.3. The number of carboxylic acid groups (broad SMARTS) is 1. The Hall–Kier alpha value is -4.56. The normalized spacial score (nSPS) is 12.3. The van der Waals surface area contributed by atoms with Crippen LogP contribution in [0, 0.1) is 0 Å². The standard InChI is InChI=1S/C34H31NO6S/c1-34(2,3)41-33(39)35-28(32(37)38)20-42-19-21-11-13-23(14-12-21)30(36)24-17-15-22(16-18-24)25-8-6-9-27-26-7-4-5-10-29(26)40-31(25)27/h4-18,28H,19-20H2,1-3H3,(H,35,39)(H,37,38). The Labute approximate surface area is 247 Å². The van der Waals surface area contributed by atoms with Crippen LogP contribution in [0.5, 0.6) is 0 Å². The molecule has 5 aromatic rings. The summed E-state index contributed by atoms with van der Waals surface area (Å²) in [4.78, 5) is 36.7. The maximum absolute atomic E-state index is 13.2. The summed E-state index contributed by atoms with van der Waals surface area (Å²) in [5.74, 6) is -0.524. The van der Waals surface area contributed by atoms with Crippen molar-refractivity contribution in [1.29, 1.82) is 0 Å². The van der Waals surface area contributed by atoms with Gasteiger partial charge in [-0.15, -0.1) is 0 Å². The Morgan fingerprint density at radius 2 is 1.50 bits per heavy atom. The van der Waals surface area contributed by atoms with Crippen LogP contribution in [-0.2, 0) is 15.3 Å². The van der Waals surface area contributed by atoms with Crippen molar-refractivity contribution in [3.8, 4) is 11.1 Å². The van der Waals surface area contributed by atoms with Crippen LogP contribution in [0.1, 0.15) is 42.3 Å². The third kappa shape index (κ3) is 6.66. The first-order chi connectivity index (χ1) is 20.1. The number of ether oxygens (including phenoxy) is 1. The third-order valence-corrected chi connectivity index (χ3v) is 7.73. The van der Waals surface area contributed by atoms with Gasteiger partial charge < -0.3 is 19.6 Å². The number of aliphatic carboxylic acids is 1. The number of para-hydroxylation sites is 2. The summed E-state index contributed by atoms with van der Waals surface area (Å²) in [5.41, 5.74) is 4.95. The fourth-order valence-electron chi connectivity index (χ4n) is 4.61. The van der Waals surface area contributed by atoms with Crippen molar-refractivity contribution < 1.29 is 28.6 Å². The second kappa shape index (κ2) is 12.1. The summed E-state index contributed by atoms with van der Waals surface area (Å²) >= 11 is 1.37. The monoisotopic (exact) mass is 581 g/mol. The molecular weight excluding hydrogens is 550 g/mol. The van der Waals surface area contributed by atoms with Crippen molar-refractivity contribution in [2.45, 2.75) is 38.2 Å². The largest absolute Gasteiger partial charge is 0.480 e. The second-order valence-electron chi connectivity index (χ2n) is 10.9. The van der Waals surface area contributed by atoms with Gasteiger partial charge in [0, 0.05) is 39.0 Å². The van der Waals surface area contributed by atoms with E-state index in [9.17, 15) is 19.5 Å². The minimum absolute atomic E-state index is 0.0878. The van der Waals surface area contributed by atoms with Crippen molar-refractivity contribution in [1.82, 2.24) is 5.32 Å². The fraction of sp³-hybridized carbons (Fsp3) is 0.206. The maximum Gasteiger partial charge on any atom is 0.408 e. The molecule has 0 saturated carbocycles. The first-order valence-electron chi connectivity index (χ1n) is 13.5. The average molecular weight is 582 g/mol. The summed E-state index contributed by atoms with van der Waals surface area (Å²) in [7, 11) is 0. The number of furan rings is 1. The molecule has 1 unspecified atom stereocenters. The van der Waals surface area contributed by atoms with Crippen molar-refractivity contribution in [3.05, 3.63) is 108 Å². The first kappa shape index (κ1) is 29.0. The van der Waals surface area contributed by atoms with Crippen LogP contribution in [0.2, 0.25) is 0 Å². The highest BCUT2D eigenvalue weighted by molar-refractivity contribution is 7.98. The van der Waals surface area contributed by atoms with Crippen LogP contribution in [0.25, 0.3) is 33.1 Å². The Kier molecular flexibility index (Phi) is 8.36. The molecule has 0 aliphatic rings. The Bertz CT molecular complexity index is 1750. The lowest BCUT2D eigenvalue weighted by Crippen LogP contribution is -2.44. The van der Waals surface area contributed by atoms with Gasteiger partial charge in [-0.25, -0.2) is 9.59 Å². The topological polar surface area (TPSA) is 106 Å². The maximum atomic E-state index is 13.2. The second-order valence-corrected chi connectivity index (χ2v) is 12.0. The lowest BCUT2D eigenvalue weighted by molar-refractivity contribution is -0.138. The quantitative estimate of drug-likeness (QED) is 0.172. The van der Waals surface area contributed by atoms with Crippen LogP contribution in [0.15, 0.2) is 95.4 Å². The molecular formula is C34H31NO6S. The molecule has 42 heavy (non-hydrogen) atoms. The van der Waals surface area contributed by atoms with Crippen LogP contribution in [0.3, 0.4) is 0 Å². The molecule has 0 radical (unpaired) electrons. The number of alkyl carbamates (subject to hydrolysis) is 1. The summed E-state index contributed by atoms with van der Waals surface area (Å²) in [6, 6.07) is 27.7. The average Bonchev–Trinajstić information content (AvgIpc) is 3.35. The third-order valence-electron chi connectivity index (χ3n) is 6.62. The van der Waals surface area contributed by atoms with E-state index in [1.54, 1.807) is 32.9 Å². The molecule has 0 aliphatic heterocycles. The number of ketones is 1. The molecule has 0 spiro atoms. The zero-order chi connectivity index (χ0) is 29.9. The zero-order valence-corrected chi connectivity index (χ0v) is 24.4. The molecule has 1 amide bonds. The van der Waals surface area contributed by atoms with E-state index in [0.717, 1.165) is 38.6 Å². The molecule has 214 valence electrons. The highest BCUT2D eigenvalue weighted by Gasteiger charge is 2.24. The molecule has 1 aromatic heterocycles. The number of rotatable bonds is 9. The minimum atomic E-state index is -1.13. The van der Waals surface area contributed by atoms with E-state index in [0.29, 0.717) is 16.9 Å². The highest BCUT2D eigenvalue weighted by Crippen LogP contribution is 2.35. The van der Waals surface area contributed by atoms with Crippen molar-refractivity contribution in [3.63, 3.8) is 0 Å². The van der Waals surface area contributed by atoms with Crippen LogP contribution < -0.4 is 5.32 Å². The molecule has 8 heteroatoms. The Balaban J connectivity index is 1.21. The molecule has 1 atom stereocenters. The molecule has 2 N–H and O–H groups in total. The number of carbonyl (C=O) groups is 3. The van der Waals surface area contributed by atoms with Crippen LogP contribution in [0.4, 0.5) is 4.79 Å². The lowest BCUT2D eigenvalue weighted by Gasteiger charge is -2.21. The van der Waals surface area contributed by atoms with E-state index in [4.69, 9.17) is 9.15 Å². The van der Waals surface area contributed by atoms with Gasteiger partial charge >= 0.3 is 12.1 Å². The van der Waals surface area contributed by atoms with E-state index < -0.39 is 23.7 Å². The van der Waals surface area contributed by atoms with Crippen molar-refractivity contribution in [2.75, 3.05) is 5.75 Å². The van der Waals surface area contributed by atoms with Gasteiger partial charge in [-0.3, -0.25) is 4.79 Å². The van der Waals surface area contributed by atoms with Gasteiger partial charge in [-0.2, -0.15) is 11.8 Å². The van der Waals surface area contributed by atoms with Crippen molar-refractivity contribution >= 4 is 51.5 Å². The van der Waals surface area contributed by atoms with E-state index in [1.807, 2.05) is 72.8 Å². The number of hydrogen-bond acceptors (Lipinski definition) is 6. The van der Waals surface area contributed by atoms with Gasteiger partial charge in [0.05, 0.1) is 0 Å². The number of thioether (sulfide) groups is 1. The number of benzene rings is 4. The van der Waals surface area contributed by atoms with Gasteiger partial charge in [0.15, 0.2) is 5.78 Å². The van der Waals surface area contributed by atoms with Gasteiger partial charge in [0.2, 0.25) is 0 Å². The van der Waals surface area contributed by atoms with E-state index in [1.165, 1.54) is 11.8 Å². The number of carbonyl (C=O) groups excluding carboxylic acids is 2. The Morgan fingerprint density at radius 3 is 2.17 bits per heavy atom. The molecule has 4 aromatic carbocycles. The first-order valence-corrected chi connectivity index (χ1v) is 14.7. The van der Waals surface area contributed by atoms with E-state index >= 15 is 0 Å². The molecule has 5 rings (SSSR count). The predicted molar refractivity (Wildman–Crippen MR) is 166 cm³/mol. The number of amides is 1. The highest BCUT2D eigenvalue weighted by atomic mass is 32.2. The fourth-order valence-corrected chi connectivity index (χ4v) is 5.62. The van der Waals surface area contributed by atoms with Crippen molar-refractivity contribution in [2.24, 2.45) is 0 Å². The lowest BCUT2D eigenvalue weighted by atomic mass is 9.98. The van der Waals surface area contributed by atoms with E-state index in [-0.39, 0.29) is 11.5 Å². The summed E-state index contributed by atoms with van der Waals surface area (Å²) in [6.07, 6.45) is -0.766. The molecule has 1 heterocycles. The predicted octanol–water partition coefficient (Wildman–Crippen LogP) is 7.70. The zero-order valence-electron chi connectivity index (χ0n) is 23.5. The molecule has 0 saturated heterocycles. The smallest absolute Gasteiger partial charge is 0.408 e. The number of fused-ring (bicyclic) bond motifs is 3. The van der Waals surface area contributed by atoms with Gasteiger partial charge in [0.25, 0.3) is 0 Å². The number of hydrogen-bond donors (Lipinski definition) is 2. The van der Waals surface area contributed by atoms with Gasteiger partial charge in [-0.05, 0) is 38.0 Å². The van der Waals surface area contributed by atoms with Gasteiger partial charge in [-0.1, -0.05) is 84.9 Å². The summed E-state index contributed by atoms with van der Waals surface area (Å²) in [6.45, 7) is 5.14. The van der Waals surface area contributed by atoms with Crippen LogP contribution >= 0.6 is 11.8 Å². The molecule has 7 nitrogen and oxygen atoms in total. The Morgan fingerprint density at radius 1 is 0.857 bits per heavy atom. The van der Waals surface area contributed by atoms with Gasteiger partial charge in [0.1, 0.15) is 22.8 Å². The molecule has 0 aliphatic carbocycles. The molecule has 0 bridgehead atoms. The van der Waals surface area contributed by atoms with Crippen LogP contribution in [-0.4, -0.2) is 40.3 Å². The number of nitrogens with one attached hydrogen (secondary N) is 1. The molecule has 0 fully saturated rings. The van der Waals surface area contributed by atoms with E-state index in [2.05, 4.69) is 11.4 Å². The summed E-state index contributed by atoms with van der Waals surface area (Å²) in [5, 5.41) is 14.0. The number of carboxylic acids is 1.